The summed E-state index contributed by atoms with van der Waals surface area (Å²) in [7, 11) is 0. The van der Waals surface area contributed by atoms with Crippen LogP contribution in [0.4, 0.5) is 0 Å². The van der Waals surface area contributed by atoms with Gasteiger partial charge in [-0.05, 0) is 25.0 Å². The molecule has 7 nitrogen and oxygen atoms in total. The summed E-state index contributed by atoms with van der Waals surface area (Å²) in [5.41, 5.74) is 1.87. The number of rotatable bonds is 8. The van der Waals surface area contributed by atoms with Gasteiger partial charge in [0.1, 0.15) is 30.6 Å². The fourth-order valence-electron chi connectivity index (χ4n) is 3.93. The highest BCUT2D eigenvalue weighted by molar-refractivity contribution is 5.59. The van der Waals surface area contributed by atoms with Gasteiger partial charge in [0.25, 0.3) is 0 Å². The van der Waals surface area contributed by atoms with E-state index < -0.39 is 36.4 Å². The molecular formula is C23H27NO6. The van der Waals surface area contributed by atoms with E-state index in [0.717, 1.165) is 16.2 Å². The number of aldehydes is 1. The third kappa shape index (κ3) is 4.62. The van der Waals surface area contributed by atoms with Crippen LogP contribution < -0.4 is 0 Å². The van der Waals surface area contributed by atoms with Gasteiger partial charge in [-0.3, -0.25) is 0 Å². The third-order valence-corrected chi connectivity index (χ3v) is 5.32. The average molecular weight is 413 g/mol. The number of hydrogen-bond donors (Lipinski definition) is 1. The highest BCUT2D eigenvalue weighted by atomic mass is 16.8. The molecule has 4 rings (SSSR count). The van der Waals surface area contributed by atoms with E-state index in [-0.39, 0.29) is 6.54 Å². The van der Waals surface area contributed by atoms with Gasteiger partial charge in [0.05, 0.1) is 6.61 Å². The Morgan fingerprint density at radius 2 is 1.70 bits per heavy atom. The highest BCUT2D eigenvalue weighted by Crippen LogP contribution is 2.40. The van der Waals surface area contributed by atoms with E-state index in [1.165, 1.54) is 0 Å². The molecule has 0 amide bonds. The summed E-state index contributed by atoms with van der Waals surface area (Å²) in [4.78, 5) is 12.0. The van der Waals surface area contributed by atoms with Gasteiger partial charge in [0, 0.05) is 6.54 Å². The Hall–Kier alpha value is -2.13. The molecule has 5 atom stereocenters. The molecule has 0 radical (unpaired) electrons. The Bertz CT molecular complexity index is 830. The maximum absolute atomic E-state index is 12.0. The van der Waals surface area contributed by atoms with Crippen molar-refractivity contribution >= 4 is 6.29 Å². The first-order chi connectivity index (χ1) is 14.5. The normalized spacial score (nSPS) is 28.4. The minimum atomic E-state index is -0.938. The molecule has 2 heterocycles. The lowest BCUT2D eigenvalue weighted by Crippen LogP contribution is -2.50. The minimum Gasteiger partial charge on any atom is -0.368 e. The van der Waals surface area contributed by atoms with Crippen molar-refractivity contribution in [3.8, 4) is 0 Å². The number of ether oxygens (including phenoxy) is 4. The number of fused-ring (bicyclic) bond motifs is 1. The Balaban J connectivity index is 1.52. The van der Waals surface area contributed by atoms with Crippen LogP contribution in [-0.2, 0) is 36.9 Å². The van der Waals surface area contributed by atoms with E-state index in [2.05, 4.69) is 0 Å². The molecule has 0 bridgehead atoms. The van der Waals surface area contributed by atoms with Gasteiger partial charge in [-0.1, -0.05) is 60.7 Å². The lowest BCUT2D eigenvalue weighted by atomic mass is 10.0. The SMILES string of the molecule is CC1(C)O[C@H]2O[C@H]([C@@H](C=O)N(O)Cc3ccccc3)[C@H](OCc3ccccc3)[C@H]2O1. The van der Waals surface area contributed by atoms with Crippen molar-refractivity contribution in [3.63, 3.8) is 0 Å². The standard InChI is InChI=1S/C23H27NO6/c1-23(2)29-21-20(27-15-17-11-7-4-8-12-17)19(28-22(21)30-23)18(14-25)24(26)13-16-9-5-3-6-10-16/h3-12,14,18-22,26H,13,15H2,1-2H3/t18-,19-,20+,21-,22-/m1/s1. The first-order valence-electron chi connectivity index (χ1n) is 10.1. The molecule has 0 spiro atoms. The fourth-order valence-corrected chi connectivity index (χ4v) is 3.93. The van der Waals surface area contributed by atoms with Crippen LogP contribution in [0.5, 0.6) is 0 Å². The molecule has 2 aliphatic rings. The number of nitrogens with zero attached hydrogens (tertiary/aromatic N) is 1. The van der Waals surface area contributed by atoms with Gasteiger partial charge in [-0.2, -0.15) is 5.06 Å². The topological polar surface area (TPSA) is 77.5 Å². The first kappa shape index (κ1) is 21.1. The lowest BCUT2D eigenvalue weighted by Gasteiger charge is -2.32. The van der Waals surface area contributed by atoms with Gasteiger partial charge >= 0.3 is 0 Å². The Morgan fingerprint density at radius 3 is 2.33 bits per heavy atom. The lowest BCUT2D eigenvalue weighted by molar-refractivity contribution is -0.240. The largest absolute Gasteiger partial charge is 0.368 e. The van der Waals surface area contributed by atoms with Gasteiger partial charge in [0.15, 0.2) is 12.1 Å². The van der Waals surface area contributed by atoms with Crippen LogP contribution in [0.3, 0.4) is 0 Å². The van der Waals surface area contributed by atoms with E-state index in [1.54, 1.807) is 0 Å². The minimum absolute atomic E-state index is 0.179. The fraction of sp³-hybridized carbons (Fsp3) is 0.435. The quantitative estimate of drug-likeness (QED) is 0.527. The van der Waals surface area contributed by atoms with Crippen LogP contribution in [0.15, 0.2) is 60.7 Å². The van der Waals surface area contributed by atoms with Gasteiger partial charge < -0.3 is 28.9 Å². The summed E-state index contributed by atoms with van der Waals surface area (Å²) in [6.45, 7) is 4.12. The zero-order valence-corrected chi connectivity index (χ0v) is 17.1. The molecule has 0 aromatic heterocycles. The van der Waals surface area contributed by atoms with E-state index in [0.29, 0.717) is 12.9 Å². The van der Waals surface area contributed by atoms with Crippen molar-refractivity contribution in [2.24, 2.45) is 0 Å². The van der Waals surface area contributed by atoms with Crippen LogP contribution in [0, 0.1) is 0 Å². The molecule has 7 heteroatoms. The maximum atomic E-state index is 12.0. The number of carbonyl (C=O) groups excluding carboxylic acids is 1. The zero-order valence-electron chi connectivity index (χ0n) is 17.1. The Labute approximate surface area is 176 Å². The summed E-state index contributed by atoms with van der Waals surface area (Å²) >= 11 is 0. The molecule has 160 valence electrons. The van der Waals surface area contributed by atoms with Crippen LogP contribution in [-0.4, -0.2) is 53.0 Å². The van der Waals surface area contributed by atoms with Crippen molar-refractivity contribution in [2.45, 2.75) is 63.4 Å². The maximum Gasteiger partial charge on any atom is 0.190 e. The summed E-state index contributed by atoms with van der Waals surface area (Å²) in [6.07, 6.45) is -1.82. The zero-order chi connectivity index (χ0) is 21.1. The number of hydrogen-bond acceptors (Lipinski definition) is 7. The van der Waals surface area contributed by atoms with Gasteiger partial charge in [0.2, 0.25) is 0 Å². The molecule has 0 aliphatic carbocycles. The molecule has 2 aromatic carbocycles. The average Bonchev–Trinajstić information content (AvgIpc) is 3.20. The molecule has 2 saturated heterocycles. The summed E-state index contributed by atoms with van der Waals surface area (Å²) in [5.74, 6) is -0.811. The molecule has 2 aliphatic heterocycles. The smallest absolute Gasteiger partial charge is 0.190 e. The van der Waals surface area contributed by atoms with Crippen LogP contribution >= 0.6 is 0 Å². The van der Waals surface area contributed by atoms with E-state index in [9.17, 15) is 10.0 Å². The van der Waals surface area contributed by atoms with E-state index in [4.69, 9.17) is 18.9 Å². The predicted molar refractivity (Wildman–Crippen MR) is 107 cm³/mol. The summed E-state index contributed by atoms with van der Waals surface area (Å²) in [5, 5.41) is 11.7. The van der Waals surface area contributed by atoms with Crippen LogP contribution in [0.2, 0.25) is 0 Å². The summed E-state index contributed by atoms with van der Waals surface area (Å²) in [6, 6.07) is 18.2. The number of carbonyl (C=O) groups is 1. The second-order valence-electron chi connectivity index (χ2n) is 8.04. The number of hydroxylamine groups is 2. The van der Waals surface area contributed by atoms with Crippen LogP contribution in [0.1, 0.15) is 25.0 Å². The number of benzene rings is 2. The van der Waals surface area contributed by atoms with E-state index >= 15 is 0 Å². The molecule has 2 aromatic rings. The van der Waals surface area contributed by atoms with Crippen LogP contribution in [0.25, 0.3) is 0 Å². The van der Waals surface area contributed by atoms with Gasteiger partial charge in [-0.15, -0.1) is 0 Å². The van der Waals surface area contributed by atoms with Crippen molar-refractivity contribution < 1.29 is 28.9 Å². The molecule has 30 heavy (non-hydrogen) atoms. The van der Waals surface area contributed by atoms with E-state index in [1.807, 2.05) is 74.5 Å². The second kappa shape index (κ2) is 8.93. The highest BCUT2D eigenvalue weighted by Gasteiger charge is 2.57. The van der Waals surface area contributed by atoms with Crippen molar-refractivity contribution in [1.82, 2.24) is 5.06 Å². The Morgan fingerprint density at radius 1 is 1.07 bits per heavy atom. The molecule has 0 unspecified atom stereocenters. The predicted octanol–water partition coefficient (Wildman–Crippen LogP) is 2.91. The third-order valence-electron chi connectivity index (χ3n) is 5.32. The first-order valence-corrected chi connectivity index (χ1v) is 10.1. The monoisotopic (exact) mass is 413 g/mol. The summed E-state index contributed by atoms with van der Waals surface area (Å²) < 4.78 is 24.0. The van der Waals surface area contributed by atoms with Crippen molar-refractivity contribution in [2.75, 3.05) is 0 Å². The molecule has 2 fully saturated rings. The molecular weight excluding hydrogens is 386 g/mol. The molecule has 1 N–H and O–H groups in total. The molecule has 0 saturated carbocycles. The van der Waals surface area contributed by atoms with Crippen molar-refractivity contribution in [1.29, 1.82) is 0 Å². The second-order valence-corrected chi connectivity index (χ2v) is 8.04. The Kier molecular flexibility index (Phi) is 6.29. The van der Waals surface area contributed by atoms with Gasteiger partial charge in [-0.25, -0.2) is 0 Å². The van der Waals surface area contributed by atoms with Crippen molar-refractivity contribution in [3.05, 3.63) is 71.8 Å².